The van der Waals surface area contributed by atoms with Gasteiger partial charge in [-0.25, -0.2) is 0 Å². The molecule has 0 aliphatic heterocycles. The maximum absolute atomic E-state index is 11.3. The van der Waals surface area contributed by atoms with Crippen LogP contribution in [0.3, 0.4) is 0 Å². The highest BCUT2D eigenvalue weighted by molar-refractivity contribution is 5.24. The van der Waals surface area contributed by atoms with Gasteiger partial charge in [-0.2, -0.15) is 0 Å². The SMILES string of the molecule is C[C@H]1CC[C@@]2(O)C(C)(C)[C@H]3CC1[C@@]2(C)[C@H](O)[C@@H]3O. The summed E-state index contributed by atoms with van der Waals surface area (Å²) in [5.74, 6) is 0.857. The van der Waals surface area contributed by atoms with Crippen LogP contribution in [0.5, 0.6) is 0 Å². The van der Waals surface area contributed by atoms with Crippen LogP contribution >= 0.6 is 0 Å². The molecule has 4 rings (SSSR count). The van der Waals surface area contributed by atoms with Gasteiger partial charge in [0, 0.05) is 5.41 Å². The van der Waals surface area contributed by atoms with Gasteiger partial charge in [0.1, 0.15) is 0 Å². The molecule has 0 spiro atoms. The number of hydrogen-bond acceptors (Lipinski definition) is 3. The van der Waals surface area contributed by atoms with Gasteiger partial charge in [-0.3, -0.25) is 0 Å². The summed E-state index contributed by atoms with van der Waals surface area (Å²) in [6.45, 7) is 8.36. The standard InChI is InChI=1S/C15H26O3/c1-8-5-6-15(18)13(2,3)10-7-9(8)14(15,4)12(17)11(10)16/h8-12,16-18H,5-7H2,1-4H3/t8-,9?,10-,11+,12+,14-,15+/m0/s1. The summed E-state index contributed by atoms with van der Waals surface area (Å²) in [5.41, 5.74) is -1.74. The third-order valence-corrected chi connectivity index (χ3v) is 7.16. The Morgan fingerprint density at radius 3 is 2.28 bits per heavy atom. The predicted octanol–water partition coefficient (Wildman–Crippen LogP) is 1.55. The summed E-state index contributed by atoms with van der Waals surface area (Å²) < 4.78 is 0. The van der Waals surface area contributed by atoms with E-state index in [9.17, 15) is 15.3 Å². The van der Waals surface area contributed by atoms with E-state index in [-0.39, 0.29) is 11.3 Å². The first-order valence-electron chi connectivity index (χ1n) is 7.26. The van der Waals surface area contributed by atoms with Gasteiger partial charge in [-0.15, -0.1) is 0 Å². The maximum atomic E-state index is 11.3. The minimum Gasteiger partial charge on any atom is -0.390 e. The van der Waals surface area contributed by atoms with Crippen molar-refractivity contribution in [3.05, 3.63) is 0 Å². The zero-order chi connectivity index (χ0) is 13.5. The average Bonchev–Trinajstić information content (AvgIpc) is 2.29. The Kier molecular flexibility index (Phi) is 2.37. The predicted molar refractivity (Wildman–Crippen MR) is 68.8 cm³/mol. The second-order valence-corrected chi connectivity index (χ2v) is 7.76. The van der Waals surface area contributed by atoms with Gasteiger partial charge in [0.05, 0.1) is 17.8 Å². The Morgan fingerprint density at radius 2 is 1.67 bits per heavy atom. The van der Waals surface area contributed by atoms with E-state index in [0.717, 1.165) is 19.3 Å². The van der Waals surface area contributed by atoms with Gasteiger partial charge in [-0.1, -0.05) is 27.7 Å². The summed E-state index contributed by atoms with van der Waals surface area (Å²) in [4.78, 5) is 0. The first-order chi connectivity index (χ1) is 8.18. The third kappa shape index (κ3) is 1.05. The summed E-state index contributed by atoms with van der Waals surface area (Å²) >= 11 is 0. The highest BCUT2D eigenvalue weighted by Gasteiger charge is 2.75. The molecule has 18 heavy (non-hydrogen) atoms. The van der Waals surface area contributed by atoms with E-state index in [2.05, 4.69) is 20.8 Å². The molecule has 104 valence electrons. The van der Waals surface area contributed by atoms with Gasteiger partial charge in [0.25, 0.3) is 0 Å². The molecule has 4 aliphatic rings. The van der Waals surface area contributed by atoms with E-state index in [1.165, 1.54) is 0 Å². The van der Waals surface area contributed by atoms with Crippen molar-refractivity contribution < 1.29 is 15.3 Å². The Labute approximate surface area is 109 Å². The van der Waals surface area contributed by atoms with Crippen LogP contribution in [0.2, 0.25) is 0 Å². The van der Waals surface area contributed by atoms with Crippen molar-refractivity contribution in [2.24, 2.45) is 28.6 Å². The summed E-state index contributed by atoms with van der Waals surface area (Å²) in [7, 11) is 0. The number of aliphatic hydroxyl groups is 3. The second kappa shape index (κ2) is 3.31. The summed E-state index contributed by atoms with van der Waals surface area (Å²) in [6.07, 6.45) is 1.23. The second-order valence-electron chi connectivity index (χ2n) is 7.76. The summed E-state index contributed by atoms with van der Waals surface area (Å²) in [5, 5.41) is 32.2. The average molecular weight is 254 g/mol. The quantitative estimate of drug-likeness (QED) is 0.614. The molecule has 4 fully saturated rings. The number of rotatable bonds is 0. The Bertz CT molecular complexity index is 380. The first-order valence-corrected chi connectivity index (χ1v) is 7.26. The molecule has 0 heterocycles. The first kappa shape index (κ1) is 12.9. The van der Waals surface area contributed by atoms with Gasteiger partial charge in [0.15, 0.2) is 0 Å². The van der Waals surface area contributed by atoms with Gasteiger partial charge in [0.2, 0.25) is 0 Å². The molecule has 4 saturated carbocycles. The van der Waals surface area contributed by atoms with Gasteiger partial charge < -0.3 is 15.3 Å². The smallest absolute Gasteiger partial charge is 0.0885 e. The largest absolute Gasteiger partial charge is 0.390 e. The molecule has 4 aliphatic carbocycles. The molecule has 0 amide bonds. The lowest BCUT2D eigenvalue weighted by Gasteiger charge is -2.74. The highest BCUT2D eigenvalue weighted by atomic mass is 16.3. The normalized spacial score (nSPS) is 61.8. The molecule has 0 saturated heterocycles. The lowest BCUT2D eigenvalue weighted by molar-refractivity contribution is -0.352. The minimum absolute atomic E-state index is 0.00655. The Morgan fingerprint density at radius 1 is 1.06 bits per heavy atom. The van der Waals surface area contributed by atoms with E-state index in [1.54, 1.807) is 0 Å². The Hall–Kier alpha value is -0.120. The van der Waals surface area contributed by atoms with Crippen LogP contribution in [0.1, 0.15) is 47.0 Å². The van der Waals surface area contributed by atoms with E-state index in [1.807, 2.05) is 6.92 Å². The number of aliphatic hydroxyl groups excluding tert-OH is 2. The van der Waals surface area contributed by atoms with E-state index < -0.39 is 23.2 Å². The molecule has 0 aromatic rings. The van der Waals surface area contributed by atoms with E-state index in [0.29, 0.717) is 11.8 Å². The molecule has 0 radical (unpaired) electrons. The topological polar surface area (TPSA) is 60.7 Å². The van der Waals surface area contributed by atoms with Crippen LogP contribution in [-0.4, -0.2) is 33.1 Å². The molecule has 1 unspecified atom stereocenters. The van der Waals surface area contributed by atoms with E-state index >= 15 is 0 Å². The van der Waals surface area contributed by atoms with Crippen molar-refractivity contribution in [3.63, 3.8) is 0 Å². The zero-order valence-electron chi connectivity index (χ0n) is 11.8. The van der Waals surface area contributed by atoms with Crippen LogP contribution in [0.15, 0.2) is 0 Å². The molecule has 3 heteroatoms. The Balaban J connectivity index is 2.19. The van der Waals surface area contributed by atoms with Crippen LogP contribution < -0.4 is 0 Å². The fourth-order valence-corrected chi connectivity index (χ4v) is 5.78. The molecule has 3 N–H and O–H groups in total. The molecule has 0 aromatic carbocycles. The van der Waals surface area contributed by atoms with Crippen molar-refractivity contribution in [1.29, 1.82) is 0 Å². The minimum atomic E-state index is -0.848. The van der Waals surface area contributed by atoms with Crippen LogP contribution in [0, 0.1) is 28.6 Å². The van der Waals surface area contributed by atoms with Crippen LogP contribution in [0.4, 0.5) is 0 Å². The van der Waals surface area contributed by atoms with Crippen molar-refractivity contribution in [2.75, 3.05) is 0 Å². The van der Waals surface area contributed by atoms with Gasteiger partial charge >= 0.3 is 0 Å². The van der Waals surface area contributed by atoms with Crippen molar-refractivity contribution in [3.8, 4) is 0 Å². The summed E-state index contributed by atoms with van der Waals surface area (Å²) in [6, 6.07) is 0. The highest BCUT2D eigenvalue weighted by Crippen LogP contribution is 2.71. The lowest BCUT2D eigenvalue weighted by Crippen LogP contribution is -2.79. The maximum Gasteiger partial charge on any atom is 0.0885 e. The number of hydrogen-bond donors (Lipinski definition) is 3. The van der Waals surface area contributed by atoms with E-state index in [4.69, 9.17) is 0 Å². The van der Waals surface area contributed by atoms with Gasteiger partial charge in [-0.05, 0) is 42.4 Å². The lowest BCUT2D eigenvalue weighted by atomic mass is 9.34. The fourth-order valence-electron chi connectivity index (χ4n) is 5.78. The van der Waals surface area contributed by atoms with Crippen molar-refractivity contribution >= 4 is 0 Å². The number of fused-ring (bicyclic) bond motifs is 1. The van der Waals surface area contributed by atoms with Crippen molar-refractivity contribution in [2.45, 2.75) is 64.8 Å². The zero-order valence-corrected chi connectivity index (χ0v) is 11.8. The molecular weight excluding hydrogens is 228 g/mol. The molecular formula is C15H26O3. The van der Waals surface area contributed by atoms with Crippen LogP contribution in [-0.2, 0) is 0 Å². The van der Waals surface area contributed by atoms with Crippen LogP contribution in [0.25, 0.3) is 0 Å². The van der Waals surface area contributed by atoms with Crippen molar-refractivity contribution in [1.82, 2.24) is 0 Å². The molecule has 7 atom stereocenters. The molecule has 3 nitrogen and oxygen atoms in total. The fraction of sp³-hybridized carbons (Fsp3) is 1.00. The molecule has 0 aromatic heterocycles. The monoisotopic (exact) mass is 254 g/mol. The molecule has 4 bridgehead atoms. The third-order valence-electron chi connectivity index (χ3n) is 7.16.